The predicted molar refractivity (Wildman–Crippen MR) is 99.6 cm³/mol. The molecule has 0 aromatic heterocycles. The molecular weight excluding hydrogens is 371 g/mol. The summed E-state index contributed by atoms with van der Waals surface area (Å²) in [6, 6.07) is 5.13. The quantitative estimate of drug-likeness (QED) is 0.738. The normalized spacial score (nSPS) is 18.2. The van der Waals surface area contributed by atoms with Gasteiger partial charge in [-0.1, -0.05) is 23.2 Å². The topological polar surface area (TPSA) is 32.8 Å². The number of rotatable bonds is 6. The van der Waals surface area contributed by atoms with E-state index in [1.54, 1.807) is 18.2 Å². The first-order valence-electron chi connectivity index (χ1n) is 8.20. The van der Waals surface area contributed by atoms with E-state index in [9.17, 15) is 4.79 Å². The second kappa shape index (κ2) is 9.14. The Morgan fingerprint density at radius 3 is 2.46 bits per heavy atom. The highest BCUT2D eigenvalue weighted by molar-refractivity contribution is 6.42. The van der Waals surface area contributed by atoms with Crippen LogP contribution >= 0.6 is 35.6 Å². The van der Waals surface area contributed by atoms with Crippen LogP contribution in [-0.2, 0) is 4.79 Å². The predicted octanol–water partition coefficient (Wildman–Crippen LogP) is 3.74. The van der Waals surface area contributed by atoms with Gasteiger partial charge in [-0.15, -0.1) is 12.4 Å². The summed E-state index contributed by atoms with van der Waals surface area (Å²) in [5, 5.41) is 0.960. The largest absolute Gasteiger partial charge is 0.493 e. The third kappa shape index (κ3) is 5.69. The molecule has 1 aliphatic heterocycles. The number of carbonyl (C=O) groups is 1. The van der Waals surface area contributed by atoms with E-state index in [0.717, 1.165) is 32.1 Å². The molecule has 3 rings (SSSR count). The van der Waals surface area contributed by atoms with Gasteiger partial charge in [-0.2, -0.15) is 0 Å². The van der Waals surface area contributed by atoms with Gasteiger partial charge in [0.15, 0.2) is 0 Å². The Hall–Kier alpha value is -0.680. The van der Waals surface area contributed by atoms with Crippen molar-refractivity contribution in [3.63, 3.8) is 0 Å². The summed E-state index contributed by atoms with van der Waals surface area (Å²) < 4.78 is 5.58. The van der Waals surface area contributed by atoms with Crippen LogP contribution in [0.2, 0.25) is 10.0 Å². The first kappa shape index (κ1) is 19.6. The standard InChI is InChI=1S/C17H22Cl2N2O2.ClH/c18-15-4-3-14(11-16(15)19)23-10-5-17(22)21-8-6-20(7-9-21)12-13-1-2-13;/h3-4,11,13H,1-2,5-10,12H2;1H. The van der Waals surface area contributed by atoms with Crippen LogP contribution in [0.15, 0.2) is 18.2 Å². The van der Waals surface area contributed by atoms with Gasteiger partial charge >= 0.3 is 0 Å². The number of carbonyl (C=O) groups excluding carboxylic acids is 1. The van der Waals surface area contributed by atoms with Gasteiger partial charge < -0.3 is 9.64 Å². The van der Waals surface area contributed by atoms with Crippen molar-refractivity contribution < 1.29 is 9.53 Å². The van der Waals surface area contributed by atoms with Gasteiger partial charge in [0.25, 0.3) is 0 Å². The number of piperazine rings is 1. The molecular formula is C17H23Cl3N2O2. The van der Waals surface area contributed by atoms with E-state index >= 15 is 0 Å². The Morgan fingerprint density at radius 2 is 1.83 bits per heavy atom. The minimum Gasteiger partial charge on any atom is -0.493 e. The summed E-state index contributed by atoms with van der Waals surface area (Å²) in [6.45, 7) is 5.23. The van der Waals surface area contributed by atoms with Gasteiger partial charge in [-0.3, -0.25) is 9.69 Å². The number of amides is 1. The molecule has 1 saturated heterocycles. The lowest BCUT2D eigenvalue weighted by molar-refractivity contribution is -0.133. The van der Waals surface area contributed by atoms with Crippen molar-refractivity contribution in [2.75, 3.05) is 39.3 Å². The molecule has 0 N–H and O–H groups in total. The van der Waals surface area contributed by atoms with E-state index in [4.69, 9.17) is 27.9 Å². The van der Waals surface area contributed by atoms with Crippen LogP contribution in [0.5, 0.6) is 5.75 Å². The maximum Gasteiger partial charge on any atom is 0.226 e. The number of ether oxygens (including phenoxy) is 1. The van der Waals surface area contributed by atoms with E-state index in [1.165, 1.54) is 19.4 Å². The lowest BCUT2D eigenvalue weighted by atomic mass is 10.2. The fourth-order valence-corrected chi connectivity index (χ4v) is 3.11. The zero-order valence-corrected chi connectivity index (χ0v) is 15.9. The van der Waals surface area contributed by atoms with Crippen molar-refractivity contribution >= 4 is 41.5 Å². The molecule has 1 amide bonds. The third-order valence-electron chi connectivity index (χ3n) is 4.41. The third-order valence-corrected chi connectivity index (χ3v) is 5.15. The molecule has 7 heteroatoms. The Kier molecular flexibility index (Phi) is 7.48. The monoisotopic (exact) mass is 392 g/mol. The lowest BCUT2D eigenvalue weighted by Crippen LogP contribution is -2.49. The van der Waals surface area contributed by atoms with E-state index < -0.39 is 0 Å². The van der Waals surface area contributed by atoms with Crippen LogP contribution in [0.4, 0.5) is 0 Å². The molecule has 0 spiro atoms. The van der Waals surface area contributed by atoms with Gasteiger partial charge in [0, 0.05) is 38.8 Å². The van der Waals surface area contributed by atoms with Gasteiger partial charge in [0.2, 0.25) is 5.91 Å². The first-order chi connectivity index (χ1) is 11.1. The number of benzene rings is 1. The number of nitrogens with zero attached hydrogens (tertiary/aromatic N) is 2. The maximum atomic E-state index is 12.2. The molecule has 1 aromatic rings. The van der Waals surface area contributed by atoms with Crippen LogP contribution in [0.1, 0.15) is 19.3 Å². The molecule has 0 atom stereocenters. The van der Waals surface area contributed by atoms with Crippen LogP contribution in [-0.4, -0.2) is 55.0 Å². The minimum absolute atomic E-state index is 0. The highest BCUT2D eigenvalue weighted by Crippen LogP contribution is 2.30. The summed E-state index contributed by atoms with van der Waals surface area (Å²) in [5.41, 5.74) is 0. The van der Waals surface area contributed by atoms with Crippen molar-refractivity contribution in [2.24, 2.45) is 5.92 Å². The number of hydrogen-bond acceptors (Lipinski definition) is 3. The van der Waals surface area contributed by atoms with Gasteiger partial charge in [-0.05, 0) is 30.9 Å². The molecule has 2 fully saturated rings. The number of hydrogen-bond donors (Lipinski definition) is 0. The second-order valence-electron chi connectivity index (χ2n) is 6.30. The zero-order valence-electron chi connectivity index (χ0n) is 13.5. The average Bonchev–Trinajstić information content (AvgIpc) is 3.35. The van der Waals surface area contributed by atoms with Crippen molar-refractivity contribution in [2.45, 2.75) is 19.3 Å². The van der Waals surface area contributed by atoms with Crippen molar-refractivity contribution in [3.05, 3.63) is 28.2 Å². The van der Waals surface area contributed by atoms with Crippen molar-refractivity contribution in [1.82, 2.24) is 9.80 Å². The molecule has 0 radical (unpaired) electrons. The highest BCUT2D eigenvalue weighted by atomic mass is 35.5. The molecule has 0 bridgehead atoms. The van der Waals surface area contributed by atoms with Gasteiger partial charge in [0.05, 0.1) is 23.1 Å². The molecule has 0 unspecified atom stereocenters. The fraction of sp³-hybridized carbons (Fsp3) is 0.588. The van der Waals surface area contributed by atoms with Crippen LogP contribution in [0.3, 0.4) is 0 Å². The summed E-state index contributed by atoms with van der Waals surface area (Å²) in [6.07, 6.45) is 3.15. The summed E-state index contributed by atoms with van der Waals surface area (Å²) in [4.78, 5) is 16.7. The Balaban J connectivity index is 0.00000208. The lowest BCUT2D eigenvalue weighted by Gasteiger charge is -2.34. The summed E-state index contributed by atoms with van der Waals surface area (Å²) in [7, 11) is 0. The van der Waals surface area contributed by atoms with E-state index in [2.05, 4.69) is 4.90 Å². The van der Waals surface area contributed by atoms with Gasteiger partial charge in [0.1, 0.15) is 5.75 Å². The van der Waals surface area contributed by atoms with Crippen molar-refractivity contribution in [3.8, 4) is 5.75 Å². The molecule has 134 valence electrons. The van der Waals surface area contributed by atoms with Gasteiger partial charge in [-0.25, -0.2) is 0 Å². The van der Waals surface area contributed by atoms with Crippen LogP contribution in [0.25, 0.3) is 0 Å². The Bertz CT molecular complexity index is 559. The Labute approximate surface area is 159 Å². The fourth-order valence-electron chi connectivity index (χ4n) is 2.83. The van der Waals surface area contributed by atoms with Crippen LogP contribution in [0, 0.1) is 5.92 Å². The smallest absolute Gasteiger partial charge is 0.226 e. The molecule has 1 aliphatic carbocycles. The molecule has 1 saturated carbocycles. The summed E-state index contributed by atoms with van der Waals surface area (Å²) in [5.74, 6) is 1.72. The van der Waals surface area contributed by atoms with Crippen molar-refractivity contribution in [1.29, 1.82) is 0 Å². The number of halogens is 3. The molecule has 2 aliphatic rings. The highest BCUT2D eigenvalue weighted by Gasteiger charge is 2.27. The molecule has 1 aromatic carbocycles. The second-order valence-corrected chi connectivity index (χ2v) is 7.11. The molecule has 1 heterocycles. The maximum absolute atomic E-state index is 12.2. The van der Waals surface area contributed by atoms with E-state index in [0.29, 0.717) is 28.8 Å². The minimum atomic E-state index is 0. The zero-order chi connectivity index (χ0) is 16.2. The molecule has 24 heavy (non-hydrogen) atoms. The van der Waals surface area contributed by atoms with E-state index in [1.807, 2.05) is 4.90 Å². The Morgan fingerprint density at radius 1 is 1.12 bits per heavy atom. The molecule has 4 nitrogen and oxygen atoms in total. The van der Waals surface area contributed by atoms with Crippen LogP contribution < -0.4 is 4.74 Å². The summed E-state index contributed by atoms with van der Waals surface area (Å²) >= 11 is 11.8. The van der Waals surface area contributed by atoms with E-state index in [-0.39, 0.29) is 18.3 Å². The average molecular weight is 394 g/mol. The SMILES string of the molecule is Cl.O=C(CCOc1ccc(Cl)c(Cl)c1)N1CCN(CC2CC2)CC1. The first-order valence-corrected chi connectivity index (χ1v) is 8.95.